The molecule has 0 aromatic carbocycles. The Morgan fingerprint density at radius 3 is 3.00 bits per heavy atom. The van der Waals surface area contributed by atoms with Crippen LogP contribution in [0.1, 0.15) is 13.8 Å². The van der Waals surface area contributed by atoms with E-state index in [2.05, 4.69) is 15.5 Å². The van der Waals surface area contributed by atoms with Crippen LogP contribution >= 0.6 is 0 Å². The molecule has 0 fully saturated rings. The third-order valence-electron chi connectivity index (χ3n) is 1.43. The Labute approximate surface area is 65.4 Å². The highest BCUT2D eigenvalue weighted by molar-refractivity contribution is 5.93. The second-order valence-electron chi connectivity index (χ2n) is 2.57. The van der Waals surface area contributed by atoms with Crippen LogP contribution in [0, 0.1) is 4.91 Å². The quantitative estimate of drug-likeness (QED) is 0.603. The van der Waals surface area contributed by atoms with Gasteiger partial charge in [0.05, 0.1) is 0 Å². The maximum Gasteiger partial charge on any atom is 0.141 e. The average Bonchev–Trinajstić information content (AvgIpc) is 1.85. The Bertz CT molecular complexity index is 220. The van der Waals surface area contributed by atoms with Crippen LogP contribution in [0.2, 0.25) is 0 Å². The van der Waals surface area contributed by atoms with E-state index in [0.29, 0.717) is 0 Å². The van der Waals surface area contributed by atoms with Crippen LogP contribution in [0.25, 0.3) is 0 Å². The van der Waals surface area contributed by atoms with E-state index < -0.39 is 0 Å². The lowest BCUT2D eigenvalue weighted by atomic mass is 10.2. The maximum absolute atomic E-state index is 9.91. The highest BCUT2D eigenvalue weighted by atomic mass is 16.3. The van der Waals surface area contributed by atoms with Crippen LogP contribution < -0.4 is 5.32 Å². The molecular formula is C7H11N3O. The summed E-state index contributed by atoms with van der Waals surface area (Å²) in [5, 5.41) is 5.81. The number of allylic oxidation sites excluding steroid dienone is 2. The standard InChI is InChI=1S/C7H11N3O/c1-5-3-6(2)10-7(9-5)4-8-11/h3,7,9H,4H2,1-2H3. The van der Waals surface area contributed by atoms with Gasteiger partial charge in [-0.05, 0) is 19.9 Å². The van der Waals surface area contributed by atoms with Crippen molar-refractivity contribution >= 4 is 5.71 Å². The van der Waals surface area contributed by atoms with Crippen molar-refractivity contribution in [2.45, 2.75) is 20.0 Å². The molecule has 0 spiro atoms. The highest BCUT2D eigenvalue weighted by Gasteiger charge is 2.09. The molecule has 11 heavy (non-hydrogen) atoms. The summed E-state index contributed by atoms with van der Waals surface area (Å²) in [5.74, 6) is 0. The van der Waals surface area contributed by atoms with E-state index in [-0.39, 0.29) is 12.7 Å². The number of hydrogen-bond acceptors (Lipinski definition) is 4. The number of hydrogen-bond donors (Lipinski definition) is 1. The molecule has 0 aromatic heterocycles. The first-order valence-electron chi connectivity index (χ1n) is 3.50. The lowest BCUT2D eigenvalue weighted by molar-refractivity contribution is 0.592. The summed E-state index contributed by atoms with van der Waals surface area (Å²) in [5.41, 5.74) is 1.97. The smallest absolute Gasteiger partial charge is 0.141 e. The van der Waals surface area contributed by atoms with Crippen LogP contribution in [-0.2, 0) is 0 Å². The van der Waals surface area contributed by atoms with Crippen LogP contribution in [0.15, 0.2) is 21.9 Å². The zero-order valence-corrected chi connectivity index (χ0v) is 6.66. The molecule has 0 bridgehead atoms. The van der Waals surface area contributed by atoms with Gasteiger partial charge in [-0.15, -0.1) is 0 Å². The number of rotatable bonds is 2. The molecule has 0 aromatic rings. The van der Waals surface area contributed by atoms with E-state index in [4.69, 9.17) is 0 Å². The summed E-state index contributed by atoms with van der Waals surface area (Å²) in [6, 6.07) is 0. The second kappa shape index (κ2) is 3.27. The number of nitrogens with one attached hydrogen (secondary N) is 1. The molecule has 1 rings (SSSR count). The van der Waals surface area contributed by atoms with Crippen molar-refractivity contribution in [2.75, 3.05) is 6.54 Å². The average molecular weight is 153 g/mol. The molecule has 0 radical (unpaired) electrons. The van der Waals surface area contributed by atoms with Crippen LogP contribution in [0.4, 0.5) is 0 Å². The van der Waals surface area contributed by atoms with Crippen molar-refractivity contribution < 1.29 is 0 Å². The summed E-state index contributed by atoms with van der Waals surface area (Å²) in [7, 11) is 0. The zero-order chi connectivity index (χ0) is 8.27. The number of nitrogens with zero attached hydrogens (tertiary/aromatic N) is 2. The van der Waals surface area contributed by atoms with E-state index >= 15 is 0 Å². The summed E-state index contributed by atoms with van der Waals surface area (Å²) >= 11 is 0. The first kappa shape index (κ1) is 7.91. The fourth-order valence-electron chi connectivity index (χ4n) is 1.09. The third kappa shape index (κ3) is 2.14. The van der Waals surface area contributed by atoms with Gasteiger partial charge in [-0.3, -0.25) is 4.99 Å². The first-order chi connectivity index (χ1) is 5.22. The molecule has 0 saturated carbocycles. The second-order valence-corrected chi connectivity index (χ2v) is 2.57. The van der Waals surface area contributed by atoms with Crippen molar-refractivity contribution in [3.63, 3.8) is 0 Å². The highest BCUT2D eigenvalue weighted by Crippen LogP contribution is 2.02. The van der Waals surface area contributed by atoms with Gasteiger partial charge in [0.15, 0.2) is 0 Å². The van der Waals surface area contributed by atoms with Gasteiger partial charge in [-0.1, -0.05) is 5.18 Å². The molecule has 1 N–H and O–H groups in total. The van der Waals surface area contributed by atoms with Crippen molar-refractivity contribution in [2.24, 2.45) is 10.2 Å². The molecule has 60 valence electrons. The van der Waals surface area contributed by atoms with E-state index in [1.54, 1.807) is 0 Å². The van der Waals surface area contributed by atoms with E-state index in [9.17, 15) is 4.91 Å². The van der Waals surface area contributed by atoms with Crippen LogP contribution in [0.3, 0.4) is 0 Å². The van der Waals surface area contributed by atoms with Gasteiger partial charge in [0, 0.05) is 11.4 Å². The Balaban J connectivity index is 2.62. The SMILES string of the molecule is CC1=CC(C)=NC(CN=O)N1. The molecular weight excluding hydrogens is 142 g/mol. The molecule has 0 saturated heterocycles. The fraction of sp³-hybridized carbons (Fsp3) is 0.571. The Morgan fingerprint density at radius 2 is 2.45 bits per heavy atom. The monoisotopic (exact) mass is 153 g/mol. The van der Waals surface area contributed by atoms with Crippen molar-refractivity contribution in [3.8, 4) is 0 Å². The van der Waals surface area contributed by atoms with E-state index in [1.807, 2.05) is 19.9 Å². The van der Waals surface area contributed by atoms with Gasteiger partial charge in [-0.2, -0.15) is 4.91 Å². The molecule has 1 heterocycles. The minimum atomic E-state index is -0.155. The fourth-order valence-corrected chi connectivity index (χ4v) is 1.09. The zero-order valence-electron chi connectivity index (χ0n) is 6.66. The third-order valence-corrected chi connectivity index (χ3v) is 1.43. The van der Waals surface area contributed by atoms with Crippen LogP contribution in [0.5, 0.6) is 0 Å². The van der Waals surface area contributed by atoms with Gasteiger partial charge >= 0.3 is 0 Å². The van der Waals surface area contributed by atoms with Gasteiger partial charge in [0.2, 0.25) is 0 Å². The summed E-state index contributed by atoms with van der Waals surface area (Å²) in [6.45, 7) is 4.04. The molecule has 0 amide bonds. The Hall–Kier alpha value is -1.19. The minimum Gasteiger partial charge on any atom is -0.366 e. The number of aliphatic imine (C=N–C) groups is 1. The predicted octanol–water partition coefficient (Wildman–Crippen LogP) is 1.05. The molecule has 0 aliphatic carbocycles. The molecule has 1 aliphatic rings. The molecule has 1 aliphatic heterocycles. The Kier molecular flexibility index (Phi) is 2.36. The minimum absolute atomic E-state index is 0.155. The van der Waals surface area contributed by atoms with Crippen molar-refractivity contribution in [3.05, 3.63) is 16.7 Å². The van der Waals surface area contributed by atoms with Crippen molar-refractivity contribution in [1.29, 1.82) is 0 Å². The first-order valence-corrected chi connectivity index (χ1v) is 3.50. The number of nitroso groups, excluding NO2 is 1. The Morgan fingerprint density at radius 1 is 1.73 bits per heavy atom. The van der Waals surface area contributed by atoms with E-state index in [0.717, 1.165) is 11.4 Å². The van der Waals surface area contributed by atoms with Gasteiger partial charge in [-0.25, -0.2) is 0 Å². The maximum atomic E-state index is 9.91. The normalized spacial score (nSPS) is 23.3. The predicted molar refractivity (Wildman–Crippen MR) is 44.5 cm³/mol. The van der Waals surface area contributed by atoms with Gasteiger partial charge in [0.25, 0.3) is 0 Å². The van der Waals surface area contributed by atoms with Gasteiger partial charge in [0.1, 0.15) is 12.7 Å². The lowest BCUT2D eigenvalue weighted by Gasteiger charge is -2.17. The topological polar surface area (TPSA) is 53.8 Å². The van der Waals surface area contributed by atoms with E-state index in [1.165, 1.54) is 0 Å². The molecule has 1 atom stereocenters. The molecule has 1 unspecified atom stereocenters. The van der Waals surface area contributed by atoms with Gasteiger partial charge < -0.3 is 5.32 Å². The summed E-state index contributed by atoms with van der Waals surface area (Å²) < 4.78 is 0. The molecule has 4 nitrogen and oxygen atoms in total. The molecule has 4 heteroatoms. The summed E-state index contributed by atoms with van der Waals surface area (Å²) in [4.78, 5) is 14.1. The summed E-state index contributed by atoms with van der Waals surface area (Å²) in [6.07, 6.45) is 1.78. The largest absolute Gasteiger partial charge is 0.366 e. The van der Waals surface area contributed by atoms with Crippen LogP contribution in [-0.4, -0.2) is 18.4 Å². The van der Waals surface area contributed by atoms with Crippen molar-refractivity contribution in [1.82, 2.24) is 5.32 Å². The lowest BCUT2D eigenvalue weighted by Crippen LogP contribution is -2.32.